The van der Waals surface area contributed by atoms with E-state index in [2.05, 4.69) is 15.0 Å². The van der Waals surface area contributed by atoms with Crippen LogP contribution in [-0.4, -0.2) is 94.0 Å². The number of carboxylic acids is 1. The van der Waals surface area contributed by atoms with Gasteiger partial charge in [-0.15, -0.1) is 0 Å². The molecule has 11 nitrogen and oxygen atoms in total. The number of aromatic nitrogens is 3. The van der Waals surface area contributed by atoms with E-state index in [1.807, 2.05) is 24.0 Å². The molecule has 3 aromatic heterocycles. The van der Waals surface area contributed by atoms with Crippen molar-refractivity contribution in [3.8, 4) is 16.9 Å². The molecule has 2 aliphatic heterocycles. The van der Waals surface area contributed by atoms with Gasteiger partial charge in [-0.2, -0.15) is 0 Å². The molecule has 5 heterocycles. The number of nitrogens with zero attached hydrogens (tertiary/aromatic N) is 5. The van der Waals surface area contributed by atoms with E-state index in [4.69, 9.17) is 4.74 Å². The Morgan fingerprint density at radius 3 is 2.50 bits per heavy atom. The molecule has 46 heavy (non-hydrogen) atoms. The van der Waals surface area contributed by atoms with Crippen molar-refractivity contribution in [1.29, 1.82) is 0 Å². The zero-order valence-corrected chi connectivity index (χ0v) is 25.3. The SMILES string of the molecule is CCc1ccncc1-c1cc(C2=CCCN(C(=O)C(=O)O)C2)c(F)c2[nH]c(C(=O)N3CCN(c4ncc(F)cc4OC)CC3)cc12. The number of carbonyl (C=O) groups excluding carboxylic acids is 2. The number of pyridine rings is 2. The highest BCUT2D eigenvalue weighted by molar-refractivity contribution is 6.31. The van der Waals surface area contributed by atoms with Crippen molar-refractivity contribution in [2.45, 2.75) is 19.8 Å². The van der Waals surface area contributed by atoms with E-state index >= 15 is 4.39 Å². The summed E-state index contributed by atoms with van der Waals surface area (Å²) < 4.78 is 35.4. The number of aryl methyl sites for hydroxylation is 1. The van der Waals surface area contributed by atoms with E-state index in [0.29, 0.717) is 67.1 Å². The lowest BCUT2D eigenvalue weighted by Gasteiger charge is -2.35. The van der Waals surface area contributed by atoms with Crippen LogP contribution in [0.25, 0.3) is 27.6 Å². The summed E-state index contributed by atoms with van der Waals surface area (Å²) in [7, 11) is 1.44. The number of methoxy groups -OCH3 is 1. The van der Waals surface area contributed by atoms with Gasteiger partial charge in [-0.3, -0.25) is 14.6 Å². The maximum absolute atomic E-state index is 16.4. The Kier molecular flexibility index (Phi) is 8.39. The van der Waals surface area contributed by atoms with E-state index in [1.54, 1.807) is 29.4 Å². The molecule has 0 bridgehead atoms. The van der Waals surface area contributed by atoms with E-state index in [1.165, 1.54) is 18.1 Å². The van der Waals surface area contributed by atoms with Gasteiger partial charge in [-0.25, -0.2) is 18.6 Å². The zero-order chi connectivity index (χ0) is 32.5. The summed E-state index contributed by atoms with van der Waals surface area (Å²) in [5, 5.41) is 9.75. The van der Waals surface area contributed by atoms with Crippen molar-refractivity contribution < 1.29 is 33.0 Å². The topological polar surface area (TPSA) is 132 Å². The molecular weight excluding hydrogens is 598 g/mol. The molecule has 6 rings (SSSR count). The molecular formula is C33H32F2N6O5. The largest absolute Gasteiger partial charge is 0.493 e. The summed E-state index contributed by atoms with van der Waals surface area (Å²) in [6, 6.07) is 6.50. The van der Waals surface area contributed by atoms with Gasteiger partial charge in [0.05, 0.1) is 18.8 Å². The van der Waals surface area contributed by atoms with Crippen LogP contribution in [0, 0.1) is 11.6 Å². The third kappa shape index (κ3) is 5.64. The van der Waals surface area contributed by atoms with Gasteiger partial charge in [0.15, 0.2) is 17.4 Å². The second-order valence-electron chi connectivity index (χ2n) is 11.2. The number of benzene rings is 1. The van der Waals surface area contributed by atoms with Crippen molar-refractivity contribution in [2.24, 2.45) is 0 Å². The van der Waals surface area contributed by atoms with Crippen LogP contribution in [0.2, 0.25) is 0 Å². The number of carbonyl (C=O) groups is 3. The Labute approximate surface area is 263 Å². The maximum Gasteiger partial charge on any atom is 0.394 e. The quantitative estimate of drug-likeness (QED) is 0.304. The van der Waals surface area contributed by atoms with Crippen LogP contribution in [0.1, 0.15) is 35.0 Å². The summed E-state index contributed by atoms with van der Waals surface area (Å²) in [4.78, 5) is 53.7. The third-order valence-corrected chi connectivity index (χ3v) is 8.52. The predicted molar refractivity (Wildman–Crippen MR) is 167 cm³/mol. The fraction of sp³-hybridized carbons (Fsp3) is 0.303. The number of halogens is 2. The number of hydrogen-bond acceptors (Lipinski definition) is 7. The Hall–Kier alpha value is -5.33. The Bertz CT molecular complexity index is 1880. The van der Waals surface area contributed by atoms with E-state index < -0.39 is 23.5 Å². The average Bonchev–Trinajstić information content (AvgIpc) is 3.54. The summed E-state index contributed by atoms with van der Waals surface area (Å²) in [5.74, 6) is -3.24. The number of hydrogen-bond donors (Lipinski definition) is 2. The van der Waals surface area contributed by atoms with Gasteiger partial charge >= 0.3 is 11.9 Å². The van der Waals surface area contributed by atoms with Gasteiger partial charge in [0.2, 0.25) is 0 Å². The molecule has 0 aliphatic carbocycles. The molecule has 4 aromatic rings. The molecule has 1 fully saturated rings. The molecule has 0 saturated carbocycles. The third-order valence-electron chi connectivity index (χ3n) is 8.52. The summed E-state index contributed by atoms with van der Waals surface area (Å²) in [6.45, 7) is 3.71. The summed E-state index contributed by atoms with van der Waals surface area (Å²) >= 11 is 0. The molecule has 2 N–H and O–H groups in total. The monoisotopic (exact) mass is 630 g/mol. The first-order valence-corrected chi connectivity index (χ1v) is 14.9. The van der Waals surface area contributed by atoms with Crippen molar-refractivity contribution >= 4 is 40.1 Å². The summed E-state index contributed by atoms with van der Waals surface area (Å²) in [5.41, 5.74) is 3.44. The van der Waals surface area contributed by atoms with Crippen LogP contribution in [0.3, 0.4) is 0 Å². The highest BCUT2D eigenvalue weighted by atomic mass is 19.1. The van der Waals surface area contributed by atoms with Gasteiger partial charge in [0.1, 0.15) is 11.5 Å². The van der Waals surface area contributed by atoms with E-state index in [0.717, 1.165) is 17.3 Å². The van der Waals surface area contributed by atoms with Crippen molar-refractivity contribution in [2.75, 3.05) is 51.3 Å². The minimum absolute atomic E-state index is 0.0643. The van der Waals surface area contributed by atoms with Gasteiger partial charge < -0.3 is 29.5 Å². The van der Waals surface area contributed by atoms with Gasteiger partial charge in [-0.1, -0.05) is 13.0 Å². The predicted octanol–water partition coefficient (Wildman–Crippen LogP) is 4.14. The standard InChI is InChI=1S/C33H32F2N6O5/c1-3-19-6-7-36-17-25(19)23-14-22(20-5-4-8-41(18-20)32(43)33(44)45)28(35)29-24(23)15-26(38-29)31(42)40-11-9-39(10-12-40)30-27(46-2)13-21(34)16-37-30/h5-7,13-17,38H,3-4,8-12,18H2,1-2H3,(H,44,45). The van der Waals surface area contributed by atoms with Gasteiger partial charge in [0.25, 0.3) is 5.91 Å². The van der Waals surface area contributed by atoms with Crippen molar-refractivity contribution in [3.05, 3.63) is 77.4 Å². The lowest BCUT2D eigenvalue weighted by atomic mass is 9.91. The normalized spacial score (nSPS) is 15.2. The number of aromatic amines is 1. The molecule has 1 aromatic carbocycles. The van der Waals surface area contributed by atoms with E-state index in [9.17, 15) is 23.9 Å². The molecule has 1 saturated heterocycles. The van der Waals surface area contributed by atoms with Crippen LogP contribution in [0.15, 0.2) is 48.9 Å². The summed E-state index contributed by atoms with van der Waals surface area (Å²) in [6.07, 6.45) is 7.38. The molecule has 0 spiro atoms. The Balaban J connectivity index is 1.35. The number of H-pyrrole nitrogens is 1. The minimum atomic E-state index is -1.57. The Morgan fingerprint density at radius 2 is 1.78 bits per heavy atom. The molecule has 238 valence electrons. The maximum atomic E-state index is 16.4. The molecule has 0 atom stereocenters. The first-order valence-electron chi connectivity index (χ1n) is 14.9. The molecule has 2 aliphatic rings. The number of rotatable bonds is 6. The first-order chi connectivity index (χ1) is 22.2. The lowest BCUT2D eigenvalue weighted by molar-refractivity contribution is -0.155. The number of amides is 2. The first kappa shape index (κ1) is 30.7. The van der Waals surface area contributed by atoms with Crippen molar-refractivity contribution in [1.82, 2.24) is 24.8 Å². The number of anilines is 1. The van der Waals surface area contributed by atoms with E-state index in [-0.39, 0.29) is 35.8 Å². The van der Waals surface area contributed by atoms with Crippen LogP contribution in [-0.2, 0) is 16.0 Å². The molecule has 13 heteroatoms. The number of ether oxygens (including phenoxy) is 1. The van der Waals surface area contributed by atoms with Gasteiger partial charge in [0, 0.05) is 74.2 Å². The van der Waals surface area contributed by atoms with Crippen LogP contribution in [0.5, 0.6) is 5.75 Å². The number of nitrogens with one attached hydrogen (secondary N) is 1. The van der Waals surface area contributed by atoms with Crippen molar-refractivity contribution in [3.63, 3.8) is 0 Å². The van der Waals surface area contributed by atoms with Crippen LogP contribution < -0.4 is 9.64 Å². The fourth-order valence-corrected chi connectivity index (χ4v) is 6.15. The number of carboxylic acid groups (broad SMARTS) is 1. The van der Waals surface area contributed by atoms with Crippen LogP contribution in [0.4, 0.5) is 14.6 Å². The number of aliphatic carboxylic acids is 1. The highest BCUT2D eigenvalue weighted by Crippen LogP contribution is 2.38. The molecule has 2 amide bonds. The number of piperazine rings is 1. The molecule has 0 unspecified atom stereocenters. The Morgan fingerprint density at radius 1 is 1.00 bits per heavy atom. The average molecular weight is 631 g/mol. The van der Waals surface area contributed by atoms with Crippen LogP contribution >= 0.6 is 0 Å². The fourth-order valence-electron chi connectivity index (χ4n) is 6.15. The molecule has 0 radical (unpaired) electrons. The smallest absolute Gasteiger partial charge is 0.394 e. The number of fused-ring (bicyclic) bond motifs is 1. The highest BCUT2D eigenvalue weighted by Gasteiger charge is 2.29. The second-order valence-corrected chi connectivity index (χ2v) is 11.2. The minimum Gasteiger partial charge on any atom is -0.493 e. The zero-order valence-electron chi connectivity index (χ0n) is 25.3. The lowest BCUT2D eigenvalue weighted by Crippen LogP contribution is -2.49. The second kappa shape index (κ2) is 12.6. The van der Waals surface area contributed by atoms with Gasteiger partial charge in [-0.05, 0) is 47.7 Å².